The van der Waals surface area contributed by atoms with Gasteiger partial charge >= 0.3 is 5.97 Å². The van der Waals surface area contributed by atoms with Gasteiger partial charge in [0.15, 0.2) is 6.61 Å². The van der Waals surface area contributed by atoms with Crippen LogP contribution in [-0.4, -0.2) is 53.0 Å². The number of benzene rings is 2. The van der Waals surface area contributed by atoms with Crippen LogP contribution in [0, 0.1) is 0 Å². The summed E-state index contributed by atoms with van der Waals surface area (Å²) in [5.74, 6) is -1.12. The van der Waals surface area contributed by atoms with Crippen LogP contribution < -0.4 is 20.5 Å². The summed E-state index contributed by atoms with van der Waals surface area (Å²) in [6.07, 6.45) is 0.447. The van der Waals surface area contributed by atoms with Crippen molar-refractivity contribution < 1.29 is 32.3 Å². The molecule has 0 aliphatic heterocycles. The number of hydrogen-bond acceptors (Lipinski definition) is 7. The molecule has 0 saturated heterocycles. The lowest BCUT2D eigenvalue weighted by Crippen LogP contribution is -2.34. The van der Waals surface area contributed by atoms with Crippen molar-refractivity contribution in [1.29, 1.82) is 0 Å². The Morgan fingerprint density at radius 1 is 0.968 bits per heavy atom. The number of sulfonamides is 1. The summed E-state index contributed by atoms with van der Waals surface area (Å²) >= 11 is 0. The zero-order valence-corrected chi connectivity index (χ0v) is 17.6. The van der Waals surface area contributed by atoms with Crippen molar-refractivity contribution in [3.8, 4) is 5.75 Å². The van der Waals surface area contributed by atoms with Crippen LogP contribution in [0.25, 0.3) is 0 Å². The van der Waals surface area contributed by atoms with Crippen LogP contribution in [0.2, 0.25) is 0 Å². The van der Waals surface area contributed by atoms with Crippen LogP contribution in [-0.2, 0) is 30.8 Å². The lowest BCUT2D eigenvalue weighted by atomic mass is 10.1. The summed E-state index contributed by atoms with van der Waals surface area (Å²) in [7, 11) is -2.24. The van der Waals surface area contributed by atoms with Gasteiger partial charge in [0.25, 0.3) is 11.8 Å². The van der Waals surface area contributed by atoms with Gasteiger partial charge in [-0.25, -0.2) is 13.6 Å². The molecule has 0 aliphatic carbocycles. The van der Waals surface area contributed by atoms with Crippen LogP contribution in [0.15, 0.2) is 53.4 Å². The summed E-state index contributed by atoms with van der Waals surface area (Å²) in [6, 6.07) is 12.3. The second kappa shape index (κ2) is 11.1. The van der Waals surface area contributed by atoms with Gasteiger partial charge in [0, 0.05) is 12.1 Å². The lowest BCUT2D eigenvalue weighted by molar-refractivity contribution is -0.147. The summed E-state index contributed by atoms with van der Waals surface area (Å²) in [4.78, 5) is 35.4. The minimum absolute atomic E-state index is 0.00581. The highest BCUT2D eigenvalue weighted by molar-refractivity contribution is 7.89. The summed E-state index contributed by atoms with van der Waals surface area (Å²) < 4.78 is 32.2. The van der Waals surface area contributed by atoms with E-state index in [4.69, 9.17) is 14.6 Å². The first-order chi connectivity index (χ1) is 14.7. The third-order valence-electron chi connectivity index (χ3n) is 4.10. The predicted molar refractivity (Wildman–Crippen MR) is 111 cm³/mol. The standard InChI is InChI=1S/C20H23N3O7S/c1-29-16-6-4-15(5-7-16)20(26)23-12-19(25)30-13-18(24)22-11-10-14-2-8-17(9-3-14)31(21,27)28/h2-9H,10-13H2,1H3,(H,22,24)(H,23,26)(H2,21,27,28). The normalized spacial score (nSPS) is 10.8. The van der Waals surface area contributed by atoms with Crippen molar-refractivity contribution in [2.75, 3.05) is 26.8 Å². The number of rotatable bonds is 10. The van der Waals surface area contributed by atoms with Crippen LogP contribution in [0.3, 0.4) is 0 Å². The predicted octanol–water partition coefficient (Wildman–Crippen LogP) is -0.0255. The Hall–Kier alpha value is -3.44. The zero-order valence-electron chi connectivity index (χ0n) is 16.8. The second-order valence-electron chi connectivity index (χ2n) is 6.36. The van der Waals surface area contributed by atoms with E-state index in [1.54, 1.807) is 36.4 Å². The van der Waals surface area contributed by atoms with Crippen molar-refractivity contribution in [1.82, 2.24) is 10.6 Å². The highest BCUT2D eigenvalue weighted by atomic mass is 32.2. The second-order valence-corrected chi connectivity index (χ2v) is 7.92. The van der Waals surface area contributed by atoms with Crippen LogP contribution >= 0.6 is 0 Å². The molecule has 2 amide bonds. The fourth-order valence-electron chi connectivity index (χ4n) is 2.44. The van der Waals surface area contributed by atoms with Crippen molar-refractivity contribution in [3.05, 3.63) is 59.7 Å². The van der Waals surface area contributed by atoms with E-state index < -0.39 is 34.4 Å². The molecule has 0 heterocycles. The molecule has 4 N–H and O–H groups in total. The fraction of sp³-hybridized carbons (Fsp3) is 0.250. The number of nitrogens with one attached hydrogen (secondary N) is 2. The van der Waals surface area contributed by atoms with Crippen molar-refractivity contribution in [2.45, 2.75) is 11.3 Å². The molecule has 0 atom stereocenters. The first-order valence-corrected chi connectivity index (χ1v) is 10.7. The van der Waals surface area contributed by atoms with Gasteiger partial charge in [-0.2, -0.15) is 0 Å². The number of methoxy groups -OCH3 is 1. The summed E-state index contributed by atoms with van der Waals surface area (Å²) in [6.45, 7) is -0.602. The Balaban J connectivity index is 1.65. The molecule has 0 spiro atoms. The van der Waals surface area contributed by atoms with E-state index >= 15 is 0 Å². The zero-order chi connectivity index (χ0) is 22.9. The highest BCUT2D eigenvalue weighted by Gasteiger charge is 2.11. The SMILES string of the molecule is COc1ccc(C(=O)NCC(=O)OCC(=O)NCCc2ccc(S(N)(=O)=O)cc2)cc1. The van der Waals surface area contributed by atoms with Gasteiger partial charge in [-0.1, -0.05) is 12.1 Å². The van der Waals surface area contributed by atoms with E-state index in [1.165, 1.54) is 19.2 Å². The van der Waals surface area contributed by atoms with E-state index in [9.17, 15) is 22.8 Å². The first kappa shape index (κ1) is 23.8. The van der Waals surface area contributed by atoms with Gasteiger partial charge in [-0.15, -0.1) is 0 Å². The van der Waals surface area contributed by atoms with Crippen LogP contribution in [0.4, 0.5) is 0 Å². The number of ether oxygens (including phenoxy) is 2. The Labute approximate surface area is 179 Å². The van der Waals surface area contributed by atoms with Gasteiger partial charge in [0.1, 0.15) is 12.3 Å². The third kappa shape index (κ3) is 8.07. The van der Waals surface area contributed by atoms with E-state index in [0.29, 0.717) is 17.7 Å². The minimum atomic E-state index is -3.75. The maximum absolute atomic E-state index is 12.0. The van der Waals surface area contributed by atoms with Gasteiger partial charge in [0.2, 0.25) is 10.0 Å². The minimum Gasteiger partial charge on any atom is -0.497 e. The van der Waals surface area contributed by atoms with E-state index in [0.717, 1.165) is 5.56 Å². The van der Waals surface area contributed by atoms with E-state index in [2.05, 4.69) is 10.6 Å². The quantitative estimate of drug-likeness (QED) is 0.431. The molecule has 0 unspecified atom stereocenters. The molecule has 0 saturated carbocycles. The molecule has 0 bridgehead atoms. The number of carbonyl (C=O) groups excluding carboxylic acids is 3. The number of hydrogen-bond donors (Lipinski definition) is 3. The average Bonchev–Trinajstić information content (AvgIpc) is 2.75. The van der Waals surface area contributed by atoms with Crippen molar-refractivity contribution in [2.24, 2.45) is 5.14 Å². The topological polar surface area (TPSA) is 154 Å². The highest BCUT2D eigenvalue weighted by Crippen LogP contribution is 2.11. The van der Waals surface area contributed by atoms with Gasteiger partial charge in [-0.05, 0) is 48.4 Å². The smallest absolute Gasteiger partial charge is 0.325 e. The number of nitrogens with two attached hydrogens (primary N) is 1. The molecule has 2 aromatic carbocycles. The lowest BCUT2D eigenvalue weighted by Gasteiger charge is -2.08. The van der Waals surface area contributed by atoms with Crippen LogP contribution in [0.5, 0.6) is 5.75 Å². The Kier molecular flexibility index (Phi) is 8.53. The molecular weight excluding hydrogens is 426 g/mol. The first-order valence-electron chi connectivity index (χ1n) is 9.15. The molecule has 0 aromatic heterocycles. The van der Waals surface area contributed by atoms with Crippen LogP contribution in [0.1, 0.15) is 15.9 Å². The molecule has 0 aliphatic rings. The Morgan fingerprint density at radius 2 is 1.61 bits per heavy atom. The molecule has 11 heteroatoms. The number of amides is 2. The summed E-state index contributed by atoms with van der Waals surface area (Å²) in [5, 5.41) is 10.0. The van der Waals surface area contributed by atoms with E-state index in [1.807, 2.05) is 0 Å². The van der Waals surface area contributed by atoms with Gasteiger partial charge in [-0.3, -0.25) is 14.4 Å². The van der Waals surface area contributed by atoms with Crippen molar-refractivity contribution >= 4 is 27.8 Å². The van der Waals surface area contributed by atoms with Gasteiger partial charge in [0.05, 0.1) is 12.0 Å². The fourth-order valence-corrected chi connectivity index (χ4v) is 2.95. The number of esters is 1. The Morgan fingerprint density at radius 3 is 2.19 bits per heavy atom. The third-order valence-corrected chi connectivity index (χ3v) is 5.03. The summed E-state index contributed by atoms with van der Waals surface area (Å²) in [5.41, 5.74) is 1.15. The molecule has 2 rings (SSSR count). The maximum Gasteiger partial charge on any atom is 0.325 e. The molecule has 10 nitrogen and oxygen atoms in total. The largest absolute Gasteiger partial charge is 0.497 e. The van der Waals surface area contributed by atoms with Gasteiger partial charge < -0.3 is 20.1 Å². The molecule has 166 valence electrons. The van der Waals surface area contributed by atoms with E-state index in [-0.39, 0.29) is 18.0 Å². The number of primary sulfonamides is 1. The average molecular weight is 449 g/mol. The molecule has 0 fully saturated rings. The van der Waals surface area contributed by atoms with Crippen molar-refractivity contribution in [3.63, 3.8) is 0 Å². The Bertz CT molecular complexity index is 1020. The molecule has 31 heavy (non-hydrogen) atoms. The monoisotopic (exact) mass is 449 g/mol. The maximum atomic E-state index is 12.0. The number of carbonyl (C=O) groups is 3. The molecule has 2 aromatic rings. The molecule has 0 radical (unpaired) electrons. The molecular formula is C20H23N3O7S.